The Morgan fingerprint density at radius 3 is 2.31 bits per heavy atom. The van der Waals surface area contributed by atoms with E-state index in [0.29, 0.717) is 11.5 Å². The summed E-state index contributed by atoms with van der Waals surface area (Å²) in [5, 5.41) is 9.82. The van der Waals surface area contributed by atoms with Gasteiger partial charge in [-0.3, -0.25) is 4.79 Å². The van der Waals surface area contributed by atoms with Gasteiger partial charge in [0.05, 0.1) is 23.6 Å². The van der Waals surface area contributed by atoms with Crippen LogP contribution in [0.2, 0.25) is 5.02 Å². The standard InChI is InChI=1S/C20H20ClF3O5/c1-3-27-19(26)11-17(25)12(2)28-14-5-7-15(8-6-14)29-18-9-4-13(10-16(18)21)20(22,23)24/h4-10,12,17,25H,3,11H2,1-2H3. The predicted molar refractivity (Wildman–Crippen MR) is 100 cm³/mol. The van der Waals surface area contributed by atoms with Crippen molar-refractivity contribution in [3.63, 3.8) is 0 Å². The zero-order valence-electron chi connectivity index (χ0n) is 15.7. The first-order valence-corrected chi connectivity index (χ1v) is 9.13. The van der Waals surface area contributed by atoms with E-state index in [9.17, 15) is 23.1 Å². The van der Waals surface area contributed by atoms with Gasteiger partial charge in [0, 0.05) is 0 Å². The van der Waals surface area contributed by atoms with E-state index < -0.39 is 29.9 Å². The van der Waals surface area contributed by atoms with Crippen LogP contribution >= 0.6 is 11.6 Å². The first-order valence-electron chi connectivity index (χ1n) is 8.75. The predicted octanol–water partition coefficient (Wildman–Crippen LogP) is 5.23. The average Bonchev–Trinajstić information content (AvgIpc) is 2.64. The summed E-state index contributed by atoms with van der Waals surface area (Å²) in [6, 6.07) is 9.00. The Kier molecular flexibility index (Phi) is 7.75. The van der Waals surface area contributed by atoms with E-state index in [-0.39, 0.29) is 23.8 Å². The van der Waals surface area contributed by atoms with E-state index >= 15 is 0 Å². The highest BCUT2D eigenvalue weighted by atomic mass is 35.5. The van der Waals surface area contributed by atoms with Crippen LogP contribution in [0.15, 0.2) is 42.5 Å². The Morgan fingerprint density at radius 1 is 1.14 bits per heavy atom. The summed E-state index contributed by atoms with van der Waals surface area (Å²) in [7, 11) is 0. The number of hydrogen-bond donors (Lipinski definition) is 1. The number of ether oxygens (including phenoxy) is 3. The van der Waals surface area contributed by atoms with Gasteiger partial charge in [0.2, 0.25) is 0 Å². The number of carbonyl (C=O) groups excluding carboxylic acids is 1. The van der Waals surface area contributed by atoms with Gasteiger partial charge in [0.25, 0.3) is 0 Å². The summed E-state index contributed by atoms with van der Waals surface area (Å²) in [6.45, 7) is 3.51. The van der Waals surface area contributed by atoms with Crippen LogP contribution < -0.4 is 9.47 Å². The summed E-state index contributed by atoms with van der Waals surface area (Å²) in [5.41, 5.74) is -0.867. The second-order valence-corrected chi connectivity index (χ2v) is 6.52. The molecule has 0 amide bonds. The number of carbonyl (C=O) groups is 1. The molecule has 0 aliphatic rings. The minimum absolute atomic E-state index is 0.0755. The molecular weight excluding hydrogens is 413 g/mol. The highest BCUT2D eigenvalue weighted by molar-refractivity contribution is 6.32. The van der Waals surface area contributed by atoms with Gasteiger partial charge in [-0.2, -0.15) is 13.2 Å². The van der Waals surface area contributed by atoms with Crippen LogP contribution in [0.1, 0.15) is 25.8 Å². The molecule has 0 heterocycles. The fraction of sp³-hybridized carbons (Fsp3) is 0.350. The van der Waals surface area contributed by atoms with Crippen LogP contribution in [0, 0.1) is 0 Å². The van der Waals surface area contributed by atoms with Crippen molar-refractivity contribution in [2.45, 2.75) is 38.7 Å². The van der Waals surface area contributed by atoms with Crippen LogP contribution in [0.4, 0.5) is 13.2 Å². The zero-order chi connectivity index (χ0) is 21.6. The number of hydrogen-bond acceptors (Lipinski definition) is 5. The third kappa shape index (κ3) is 6.83. The van der Waals surface area contributed by atoms with E-state index in [1.807, 2.05) is 0 Å². The molecule has 0 fully saturated rings. The molecule has 0 aliphatic heterocycles. The van der Waals surface area contributed by atoms with E-state index in [4.69, 9.17) is 25.8 Å². The Labute approximate surface area is 171 Å². The molecule has 2 rings (SSSR count). The molecule has 0 saturated heterocycles. The van der Waals surface area contributed by atoms with Crippen molar-refractivity contribution in [3.05, 3.63) is 53.1 Å². The summed E-state index contributed by atoms with van der Waals surface area (Å²) < 4.78 is 53.9. The Hall–Kier alpha value is -2.45. The molecule has 0 bridgehead atoms. The molecule has 2 atom stereocenters. The van der Waals surface area contributed by atoms with Gasteiger partial charge in [0.1, 0.15) is 29.5 Å². The van der Waals surface area contributed by atoms with Crippen LogP contribution in [0.3, 0.4) is 0 Å². The maximum Gasteiger partial charge on any atom is 0.416 e. The topological polar surface area (TPSA) is 65.0 Å². The number of aliphatic hydroxyl groups excluding tert-OH is 1. The molecule has 2 aromatic carbocycles. The molecule has 5 nitrogen and oxygen atoms in total. The third-order valence-electron chi connectivity index (χ3n) is 3.86. The highest BCUT2D eigenvalue weighted by Gasteiger charge is 2.31. The van der Waals surface area contributed by atoms with E-state index in [2.05, 4.69) is 0 Å². The molecule has 2 unspecified atom stereocenters. The number of aliphatic hydroxyl groups is 1. The molecule has 0 saturated carbocycles. The normalized spacial score (nSPS) is 13.5. The van der Waals surface area contributed by atoms with Crippen molar-refractivity contribution in [1.82, 2.24) is 0 Å². The van der Waals surface area contributed by atoms with E-state index in [1.165, 1.54) is 12.1 Å². The molecule has 29 heavy (non-hydrogen) atoms. The fourth-order valence-corrected chi connectivity index (χ4v) is 2.54. The highest BCUT2D eigenvalue weighted by Crippen LogP contribution is 2.36. The summed E-state index contributed by atoms with van der Waals surface area (Å²) >= 11 is 5.87. The first-order chi connectivity index (χ1) is 13.6. The Morgan fingerprint density at radius 2 is 1.76 bits per heavy atom. The van der Waals surface area contributed by atoms with Gasteiger partial charge in [-0.25, -0.2) is 0 Å². The molecule has 0 radical (unpaired) electrons. The molecule has 2 aromatic rings. The zero-order valence-corrected chi connectivity index (χ0v) is 16.5. The lowest BCUT2D eigenvalue weighted by atomic mass is 10.1. The number of esters is 1. The number of halogens is 4. The quantitative estimate of drug-likeness (QED) is 0.578. The average molecular weight is 433 g/mol. The lowest BCUT2D eigenvalue weighted by Gasteiger charge is -2.20. The van der Waals surface area contributed by atoms with Gasteiger partial charge in [-0.05, 0) is 56.3 Å². The van der Waals surface area contributed by atoms with Crippen molar-refractivity contribution in [2.24, 2.45) is 0 Å². The smallest absolute Gasteiger partial charge is 0.416 e. The third-order valence-corrected chi connectivity index (χ3v) is 4.15. The lowest BCUT2D eigenvalue weighted by molar-refractivity contribution is -0.146. The summed E-state index contributed by atoms with van der Waals surface area (Å²) in [6.07, 6.45) is -6.40. The van der Waals surface area contributed by atoms with Crippen molar-refractivity contribution in [1.29, 1.82) is 0 Å². The van der Waals surface area contributed by atoms with Crippen LogP contribution in [0.25, 0.3) is 0 Å². The van der Waals surface area contributed by atoms with Crippen molar-refractivity contribution >= 4 is 17.6 Å². The first kappa shape index (κ1) is 22.8. The van der Waals surface area contributed by atoms with Gasteiger partial charge in [-0.15, -0.1) is 0 Å². The maximum atomic E-state index is 12.7. The molecule has 0 spiro atoms. The van der Waals surface area contributed by atoms with Gasteiger partial charge in [0.15, 0.2) is 0 Å². The van der Waals surface area contributed by atoms with Crippen LogP contribution in [-0.4, -0.2) is 29.9 Å². The van der Waals surface area contributed by atoms with Crippen LogP contribution in [0.5, 0.6) is 17.2 Å². The van der Waals surface area contributed by atoms with Crippen molar-refractivity contribution < 1.29 is 37.3 Å². The van der Waals surface area contributed by atoms with E-state index in [1.54, 1.807) is 26.0 Å². The summed E-state index contributed by atoms with van der Waals surface area (Å²) in [4.78, 5) is 11.4. The molecule has 1 N–H and O–H groups in total. The largest absolute Gasteiger partial charge is 0.488 e. The SMILES string of the molecule is CCOC(=O)CC(O)C(C)Oc1ccc(Oc2ccc(C(F)(F)F)cc2Cl)cc1. The second-order valence-electron chi connectivity index (χ2n) is 6.12. The van der Waals surface area contributed by atoms with Crippen LogP contribution in [-0.2, 0) is 15.7 Å². The second kappa shape index (κ2) is 9.84. The van der Waals surface area contributed by atoms with Gasteiger partial charge >= 0.3 is 12.1 Å². The molecule has 158 valence electrons. The lowest BCUT2D eigenvalue weighted by Crippen LogP contribution is -2.31. The summed E-state index contributed by atoms with van der Waals surface area (Å²) in [5.74, 6) is 0.296. The molecular formula is C20H20ClF3O5. The van der Waals surface area contributed by atoms with Gasteiger partial charge < -0.3 is 19.3 Å². The minimum Gasteiger partial charge on any atom is -0.488 e. The van der Waals surface area contributed by atoms with Crippen molar-refractivity contribution in [3.8, 4) is 17.2 Å². The fourth-order valence-electron chi connectivity index (χ4n) is 2.32. The number of benzene rings is 2. The molecule has 0 aromatic heterocycles. The number of alkyl halides is 3. The Bertz CT molecular complexity index is 824. The van der Waals surface area contributed by atoms with Crippen molar-refractivity contribution in [2.75, 3.05) is 6.61 Å². The molecule has 9 heteroatoms. The maximum absolute atomic E-state index is 12.7. The monoisotopic (exact) mass is 432 g/mol. The number of rotatable bonds is 8. The Balaban J connectivity index is 1.97. The van der Waals surface area contributed by atoms with Gasteiger partial charge in [-0.1, -0.05) is 11.6 Å². The minimum atomic E-state index is -4.49. The molecule has 0 aliphatic carbocycles. The van der Waals surface area contributed by atoms with E-state index in [0.717, 1.165) is 18.2 Å².